The predicted molar refractivity (Wildman–Crippen MR) is 80.2 cm³/mol. The van der Waals surface area contributed by atoms with E-state index >= 15 is 0 Å². The monoisotopic (exact) mass is 283 g/mol. The van der Waals surface area contributed by atoms with Gasteiger partial charge in [-0.2, -0.15) is 0 Å². The normalized spacial score (nSPS) is 12.7. The molecule has 0 radical (unpaired) electrons. The van der Waals surface area contributed by atoms with Crippen LogP contribution in [0.1, 0.15) is 19.4 Å². The lowest BCUT2D eigenvalue weighted by atomic mass is 10.2. The summed E-state index contributed by atoms with van der Waals surface area (Å²) in [5, 5.41) is 2.55. The molecule has 0 heterocycles. The zero-order chi connectivity index (χ0) is 14.5. The van der Waals surface area contributed by atoms with Gasteiger partial charge < -0.3 is 11.1 Å². The fourth-order valence-corrected chi connectivity index (χ4v) is 2.26. The molecule has 1 aromatic rings. The van der Waals surface area contributed by atoms with Crippen molar-refractivity contribution in [2.45, 2.75) is 26.0 Å². The van der Waals surface area contributed by atoms with Gasteiger partial charge in [0, 0.05) is 5.69 Å². The average Bonchev–Trinajstić information content (AvgIpc) is 2.28. The molecule has 0 aliphatic rings. The van der Waals surface area contributed by atoms with Gasteiger partial charge in [-0.1, -0.05) is 12.1 Å². The number of hydrogen-bond acceptors (Lipinski definition) is 3. The Bertz CT molecular complexity index is 551. The van der Waals surface area contributed by atoms with Crippen LogP contribution in [0.3, 0.4) is 0 Å². The minimum Gasteiger partial charge on any atom is -0.370 e. The van der Waals surface area contributed by atoms with Crippen LogP contribution in [0.25, 0.3) is 0 Å². The lowest BCUT2D eigenvalue weighted by Gasteiger charge is -2.08. The molecule has 0 atom stereocenters. The van der Waals surface area contributed by atoms with E-state index in [-0.39, 0.29) is 23.5 Å². The van der Waals surface area contributed by atoms with Crippen LogP contribution in [0.5, 0.6) is 0 Å². The van der Waals surface area contributed by atoms with Crippen molar-refractivity contribution in [2.24, 2.45) is 10.7 Å². The summed E-state index contributed by atoms with van der Waals surface area (Å²) in [5.41, 5.74) is 7.66. The summed E-state index contributed by atoms with van der Waals surface area (Å²) in [7, 11) is -3.06. The van der Waals surface area contributed by atoms with Crippen LogP contribution in [-0.2, 0) is 9.84 Å². The van der Waals surface area contributed by atoms with Crippen molar-refractivity contribution in [3.63, 3.8) is 0 Å². The van der Waals surface area contributed by atoms with Gasteiger partial charge in [0.2, 0.25) is 0 Å². The van der Waals surface area contributed by atoms with Gasteiger partial charge in [0.25, 0.3) is 0 Å². The highest BCUT2D eigenvalue weighted by Gasteiger charge is 2.14. The smallest absolute Gasteiger partial charge is 0.193 e. The van der Waals surface area contributed by atoms with Crippen molar-refractivity contribution in [1.82, 2.24) is 0 Å². The SMILES string of the molecule is Cc1cccc(NC(N)=NCCS(=O)(=O)C(C)C)c1. The molecule has 0 amide bonds. The molecule has 0 spiro atoms. The van der Waals surface area contributed by atoms with Gasteiger partial charge in [0.15, 0.2) is 15.8 Å². The lowest BCUT2D eigenvalue weighted by molar-refractivity contribution is 0.587. The Morgan fingerprint density at radius 2 is 2.11 bits per heavy atom. The number of sulfone groups is 1. The molecule has 6 heteroatoms. The highest BCUT2D eigenvalue weighted by Crippen LogP contribution is 2.08. The summed E-state index contributed by atoms with van der Waals surface area (Å²) in [5.74, 6) is 0.241. The zero-order valence-corrected chi connectivity index (χ0v) is 12.4. The average molecular weight is 283 g/mol. The summed E-state index contributed by atoms with van der Waals surface area (Å²) < 4.78 is 23.2. The zero-order valence-electron chi connectivity index (χ0n) is 11.6. The fourth-order valence-electron chi connectivity index (χ4n) is 1.44. The van der Waals surface area contributed by atoms with E-state index in [0.29, 0.717) is 0 Å². The van der Waals surface area contributed by atoms with Crippen LogP contribution in [0.15, 0.2) is 29.3 Å². The third kappa shape index (κ3) is 5.30. The summed E-state index contributed by atoms with van der Waals surface area (Å²) in [6.07, 6.45) is 0. The van der Waals surface area contributed by atoms with Crippen LogP contribution in [0, 0.1) is 6.92 Å². The molecule has 106 valence electrons. The maximum atomic E-state index is 11.6. The van der Waals surface area contributed by atoms with E-state index in [1.54, 1.807) is 13.8 Å². The van der Waals surface area contributed by atoms with Crippen molar-refractivity contribution < 1.29 is 8.42 Å². The Morgan fingerprint density at radius 3 is 2.68 bits per heavy atom. The standard InChI is InChI=1S/C13H21N3O2S/c1-10(2)19(17,18)8-7-15-13(14)16-12-6-4-5-11(3)9-12/h4-6,9-10H,7-8H2,1-3H3,(H3,14,15,16). The molecule has 0 bridgehead atoms. The first kappa shape index (κ1) is 15.5. The van der Waals surface area contributed by atoms with Crippen molar-refractivity contribution in [1.29, 1.82) is 0 Å². The van der Waals surface area contributed by atoms with Crippen LogP contribution >= 0.6 is 0 Å². The summed E-state index contributed by atoms with van der Waals surface area (Å²) in [6.45, 7) is 5.47. The number of aliphatic imine (C=N–C) groups is 1. The number of benzene rings is 1. The molecule has 3 N–H and O–H groups in total. The van der Waals surface area contributed by atoms with E-state index < -0.39 is 9.84 Å². The lowest BCUT2D eigenvalue weighted by Crippen LogP contribution is -2.25. The molecule has 0 unspecified atom stereocenters. The van der Waals surface area contributed by atoms with Gasteiger partial charge >= 0.3 is 0 Å². The Balaban J connectivity index is 2.55. The van der Waals surface area contributed by atoms with Gasteiger partial charge in [-0.05, 0) is 38.5 Å². The van der Waals surface area contributed by atoms with Crippen molar-refractivity contribution >= 4 is 21.5 Å². The second-order valence-electron chi connectivity index (χ2n) is 4.68. The molecule has 0 fully saturated rings. The first-order valence-electron chi connectivity index (χ1n) is 6.16. The number of anilines is 1. The van der Waals surface area contributed by atoms with E-state index in [1.807, 2.05) is 31.2 Å². The Morgan fingerprint density at radius 1 is 1.42 bits per heavy atom. The molecule has 1 rings (SSSR count). The van der Waals surface area contributed by atoms with E-state index in [0.717, 1.165) is 11.3 Å². The largest absolute Gasteiger partial charge is 0.370 e. The minimum atomic E-state index is -3.06. The molecule has 19 heavy (non-hydrogen) atoms. The highest BCUT2D eigenvalue weighted by molar-refractivity contribution is 7.92. The summed E-state index contributed by atoms with van der Waals surface area (Å²) in [4.78, 5) is 4.02. The molecule has 0 saturated heterocycles. The number of aryl methyl sites for hydroxylation is 1. The molecule has 0 aromatic heterocycles. The van der Waals surface area contributed by atoms with E-state index in [2.05, 4.69) is 10.3 Å². The molecule has 0 saturated carbocycles. The Hall–Kier alpha value is -1.56. The first-order chi connectivity index (χ1) is 8.81. The van der Waals surface area contributed by atoms with Gasteiger partial charge in [-0.25, -0.2) is 8.42 Å². The van der Waals surface area contributed by atoms with Gasteiger partial charge in [0.1, 0.15) is 0 Å². The van der Waals surface area contributed by atoms with Gasteiger partial charge in [-0.3, -0.25) is 4.99 Å². The Labute approximate surface area is 114 Å². The highest BCUT2D eigenvalue weighted by atomic mass is 32.2. The number of nitrogens with zero attached hydrogens (tertiary/aromatic N) is 1. The van der Waals surface area contributed by atoms with Gasteiger partial charge in [-0.15, -0.1) is 0 Å². The molecule has 0 aliphatic heterocycles. The van der Waals surface area contributed by atoms with Crippen molar-refractivity contribution in [3.05, 3.63) is 29.8 Å². The molecule has 1 aromatic carbocycles. The molecule has 5 nitrogen and oxygen atoms in total. The third-order valence-electron chi connectivity index (χ3n) is 2.67. The van der Waals surface area contributed by atoms with Gasteiger partial charge in [0.05, 0.1) is 17.5 Å². The number of nitrogens with one attached hydrogen (secondary N) is 1. The second kappa shape index (κ2) is 6.56. The number of nitrogens with two attached hydrogens (primary N) is 1. The van der Waals surface area contributed by atoms with E-state index in [1.165, 1.54) is 0 Å². The maximum absolute atomic E-state index is 11.6. The van der Waals surface area contributed by atoms with Crippen LogP contribution in [-0.4, -0.2) is 31.9 Å². The molecular formula is C13H21N3O2S. The first-order valence-corrected chi connectivity index (χ1v) is 7.88. The Kier molecular flexibility index (Phi) is 5.35. The van der Waals surface area contributed by atoms with E-state index in [4.69, 9.17) is 5.73 Å². The van der Waals surface area contributed by atoms with Crippen LogP contribution in [0.4, 0.5) is 5.69 Å². The van der Waals surface area contributed by atoms with Crippen LogP contribution in [0.2, 0.25) is 0 Å². The molecule has 0 aliphatic carbocycles. The quantitative estimate of drug-likeness (QED) is 0.634. The number of guanidine groups is 1. The maximum Gasteiger partial charge on any atom is 0.193 e. The fraction of sp³-hybridized carbons (Fsp3) is 0.462. The summed E-state index contributed by atoms with van der Waals surface area (Å²) in [6, 6.07) is 7.70. The minimum absolute atomic E-state index is 0.0147. The predicted octanol–water partition coefficient (Wildman–Crippen LogP) is 1.54. The number of rotatable bonds is 5. The number of hydrogen-bond donors (Lipinski definition) is 2. The third-order valence-corrected chi connectivity index (χ3v) is 4.85. The van der Waals surface area contributed by atoms with Crippen LogP contribution < -0.4 is 11.1 Å². The topological polar surface area (TPSA) is 84.5 Å². The second-order valence-corrected chi connectivity index (χ2v) is 7.35. The van der Waals surface area contributed by atoms with E-state index in [9.17, 15) is 8.42 Å². The van der Waals surface area contributed by atoms with Crippen molar-refractivity contribution in [2.75, 3.05) is 17.6 Å². The van der Waals surface area contributed by atoms with Crippen molar-refractivity contribution in [3.8, 4) is 0 Å². The summed E-state index contributed by atoms with van der Waals surface area (Å²) >= 11 is 0. The molecular weight excluding hydrogens is 262 g/mol.